The number of amides is 3. The average Bonchev–Trinajstić information content (AvgIpc) is 3.13. The predicted molar refractivity (Wildman–Crippen MR) is 193 cm³/mol. The van der Waals surface area contributed by atoms with Gasteiger partial charge in [0.2, 0.25) is 11.8 Å². The van der Waals surface area contributed by atoms with Crippen LogP contribution in [0.4, 0.5) is 4.79 Å². The molecule has 1 saturated heterocycles. The molecule has 52 heavy (non-hydrogen) atoms. The summed E-state index contributed by atoms with van der Waals surface area (Å²) in [4.78, 5) is 69.6. The quantitative estimate of drug-likeness (QED) is 0.118. The molecular formula is C40H37N3O8S. The molecule has 4 atom stereocenters. The minimum Gasteiger partial charge on any atom is -0.459 e. The lowest BCUT2D eigenvalue weighted by Gasteiger charge is -2.51. The summed E-state index contributed by atoms with van der Waals surface area (Å²) in [5.41, 5.74) is 0.973. The molecule has 266 valence electrons. The minimum atomic E-state index is -1.40. The molecule has 2 aliphatic rings. The second kappa shape index (κ2) is 15.6. The number of carbonyl (C=O) groups excluding carboxylic acids is 5. The third-order valence-corrected chi connectivity index (χ3v) is 9.35. The SMILES string of the molecule is CC(C)(C)OC(=O)C(C(=O)NC1C(=O)N2C(C(=O)OC(c3ccccc3)c3ccccc3)C(NC(=O)Oc3ccccc3)=CS[C@@H]12)c1ccccc1. The van der Waals surface area contributed by atoms with Crippen molar-refractivity contribution in [2.45, 2.75) is 55.9 Å². The largest absolute Gasteiger partial charge is 0.459 e. The summed E-state index contributed by atoms with van der Waals surface area (Å²) in [6, 6.07) is 32.6. The fourth-order valence-electron chi connectivity index (χ4n) is 5.87. The number of benzene rings is 4. The van der Waals surface area contributed by atoms with Crippen molar-refractivity contribution in [1.29, 1.82) is 0 Å². The third kappa shape index (κ3) is 8.18. The van der Waals surface area contributed by atoms with E-state index in [1.165, 1.54) is 10.3 Å². The molecule has 3 unspecified atom stereocenters. The third-order valence-electron chi connectivity index (χ3n) is 8.18. The van der Waals surface area contributed by atoms with E-state index in [-0.39, 0.29) is 11.4 Å². The van der Waals surface area contributed by atoms with Crippen LogP contribution in [0.2, 0.25) is 0 Å². The van der Waals surface area contributed by atoms with Crippen LogP contribution >= 0.6 is 11.8 Å². The monoisotopic (exact) mass is 719 g/mol. The molecule has 2 aliphatic heterocycles. The normalized spacial score (nSPS) is 18.5. The molecule has 1 fully saturated rings. The lowest BCUT2D eigenvalue weighted by atomic mass is 9.95. The lowest BCUT2D eigenvalue weighted by Crippen LogP contribution is -2.75. The Bertz CT molecular complexity index is 1910. The number of esters is 2. The summed E-state index contributed by atoms with van der Waals surface area (Å²) in [6.45, 7) is 5.09. The Labute approximate surface area is 305 Å². The van der Waals surface area contributed by atoms with Crippen molar-refractivity contribution in [1.82, 2.24) is 15.5 Å². The van der Waals surface area contributed by atoms with Gasteiger partial charge in [-0.2, -0.15) is 0 Å². The van der Waals surface area contributed by atoms with Crippen LogP contribution in [0, 0.1) is 0 Å². The maximum Gasteiger partial charge on any atom is 0.416 e. The van der Waals surface area contributed by atoms with Crippen LogP contribution in [0.5, 0.6) is 5.75 Å². The number of β-lactam (4-membered cyclic amide) rings is 1. The van der Waals surface area contributed by atoms with Crippen molar-refractivity contribution in [3.8, 4) is 5.75 Å². The molecule has 4 aromatic carbocycles. The molecule has 11 nitrogen and oxygen atoms in total. The smallest absolute Gasteiger partial charge is 0.416 e. The van der Waals surface area contributed by atoms with Gasteiger partial charge in [-0.1, -0.05) is 109 Å². The number of nitrogens with zero attached hydrogens (tertiary/aromatic N) is 1. The minimum absolute atomic E-state index is 0.0566. The Morgan fingerprint density at radius 3 is 1.81 bits per heavy atom. The number of hydrogen-bond acceptors (Lipinski definition) is 9. The number of para-hydroxylation sites is 1. The van der Waals surface area contributed by atoms with Crippen molar-refractivity contribution in [3.63, 3.8) is 0 Å². The van der Waals surface area contributed by atoms with Gasteiger partial charge in [-0.05, 0) is 55.0 Å². The summed E-state index contributed by atoms with van der Waals surface area (Å²) in [6.07, 6.45) is -1.72. The number of thioether (sulfide) groups is 1. The first-order valence-corrected chi connectivity index (χ1v) is 17.5. The lowest BCUT2D eigenvalue weighted by molar-refractivity contribution is -0.166. The molecular weight excluding hydrogens is 683 g/mol. The fourth-order valence-corrected chi connectivity index (χ4v) is 7.05. The molecule has 4 aromatic rings. The van der Waals surface area contributed by atoms with Crippen LogP contribution in [0.15, 0.2) is 132 Å². The number of ether oxygens (including phenoxy) is 3. The molecule has 3 amide bonds. The van der Waals surface area contributed by atoms with Gasteiger partial charge in [0.1, 0.15) is 22.8 Å². The van der Waals surface area contributed by atoms with E-state index < -0.39 is 64.9 Å². The van der Waals surface area contributed by atoms with E-state index in [9.17, 15) is 24.0 Å². The highest BCUT2D eigenvalue weighted by Crippen LogP contribution is 2.41. The summed E-state index contributed by atoms with van der Waals surface area (Å²) in [7, 11) is 0. The number of hydrogen-bond donors (Lipinski definition) is 2. The van der Waals surface area contributed by atoms with E-state index in [4.69, 9.17) is 14.2 Å². The van der Waals surface area contributed by atoms with Gasteiger partial charge < -0.3 is 24.4 Å². The maximum atomic E-state index is 14.3. The molecule has 0 aromatic heterocycles. The molecule has 2 N–H and O–H groups in total. The summed E-state index contributed by atoms with van der Waals surface area (Å²) in [5, 5.41) is 6.11. The van der Waals surface area contributed by atoms with Crippen LogP contribution in [0.1, 0.15) is 49.5 Å². The van der Waals surface area contributed by atoms with E-state index in [0.29, 0.717) is 16.7 Å². The zero-order valence-electron chi connectivity index (χ0n) is 28.6. The van der Waals surface area contributed by atoms with Crippen molar-refractivity contribution in [2.24, 2.45) is 0 Å². The highest BCUT2D eigenvalue weighted by atomic mass is 32.2. The molecule has 0 bridgehead atoms. The molecule has 0 aliphatic carbocycles. The van der Waals surface area contributed by atoms with Crippen LogP contribution in [-0.2, 0) is 28.7 Å². The Balaban J connectivity index is 1.28. The maximum absolute atomic E-state index is 14.3. The van der Waals surface area contributed by atoms with Gasteiger partial charge in [-0.15, -0.1) is 11.8 Å². The highest BCUT2D eigenvalue weighted by Gasteiger charge is 2.57. The molecule has 12 heteroatoms. The topological polar surface area (TPSA) is 140 Å². The predicted octanol–water partition coefficient (Wildman–Crippen LogP) is 5.84. The van der Waals surface area contributed by atoms with Gasteiger partial charge in [0.25, 0.3) is 0 Å². The first kappa shape index (κ1) is 35.9. The Morgan fingerprint density at radius 1 is 0.750 bits per heavy atom. The van der Waals surface area contributed by atoms with Gasteiger partial charge in [-0.25, -0.2) is 9.59 Å². The van der Waals surface area contributed by atoms with Crippen molar-refractivity contribution in [2.75, 3.05) is 0 Å². The van der Waals surface area contributed by atoms with Gasteiger partial charge in [-0.3, -0.25) is 19.7 Å². The summed E-state index contributed by atoms with van der Waals surface area (Å²) < 4.78 is 17.1. The van der Waals surface area contributed by atoms with E-state index in [2.05, 4.69) is 10.6 Å². The Hall–Kier alpha value is -5.88. The van der Waals surface area contributed by atoms with E-state index in [1.54, 1.807) is 81.4 Å². The zero-order chi connectivity index (χ0) is 36.8. The number of rotatable bonds is 10. The second-order valence-electron chi connectivity index (χ2n) is 13.1. The van der Waals surface area contributed by atoms with Gasteiger partial charge >= 0.3 is 18.0 Å². The molecule has 0 spiro atoms. The van der Waals surface area contributed by atoms with Crippen LogP contribution in [0.25, 0.3) is 0 Å². The Kier molecular flexibility index (Phi) is 10.8. The fraction of sp³-hybridized carbons (Fsp3) is 0.225. The van der Waals surface area contributed by atoms with Crippen LogP contribution in [0.3, 0.4) is 0 Å². The van der Waals surface area contributed by atoms with E-state index in [1.807, 2.05) is 60.7 Å². The second-order valence-corrected chi connectivity index (χ2v) is 14.1. The van der Waals surface area contributed by atoms with E-state index >= 15 is 0 Å². The van der Waals surface area contributed by atoms with Crippen molar-refractivity contribution in [3.05, 3.63) is 149 Å². The molecule has 0 radical (unpaired) electrons. The zero-order valence-corrected chi connectivity index (χ0v) is 29.4. The molecule has 0 saturated carbocycles. The molecule has 6 rings (SSSR count). The van der Waals surface area contributed by atoms with Gasteiger partial charge in [0.05, 0.1) is 5.70 Å². The average molecular weight is 720 g/mol. The van der Waals surface area contributed by atoms with E-state index in [0.717, 1.165) is 11.8 Å². The van der Waals surface area contributed by atoms with Crippen molar-refractivity contribution < 1.29 is 38.2 Å². The molecule has 2 heterocycles. The standard InChI is InChI=1S/C40H37N3O8S/c1-40(2,3)51-37(46)30(25-16-8-4-9-17-25)34(44)42-31-35(45)43-32(29(24-52-36(31)43)41-39(48)49-28-22-14-7-15-23-28)38(47)50-33(26-18-10-5-11-19-26)27-20-12-6-13-21-27/h4-24,30-33,36H,1-3H3,(H,41,48)(H,42,44)/t30?,31?,32?,36-/m0/s1. The number of carbonyl (C=O) groups is 5. The number of nitrogens with one attached hydrogen (secondary N) is 2. The first-order chi connectivity index (χ1) is 25.0. The van der Waals surface area contributed by atoms with Gasteiger partial charge in [0, 0.05) is 0 Å². The van der Waals surface area contributed by atoms with Crippen LogP contribution < -0.4 is 15.4 Å². The van der Waals surface area contributed by atoms with Crippen LogP contribution in [-0.4, -0.2) is 57.8 Å². The summed E-state index contributed by atoms with van der Waals surface area (Å²) in [5.74, 6) is -4.00. The highest BCUT2D eigenvalue weighted by molar-refractivity contribution is 8.02. The first-order valence-electron chi connectivity index (χ1n) is 16.6. The van der Waals surface area contributed by atoms with Gasteiger partial charge in [0.15, 0.2) is 18.1 Å². The number of fused-ring (bicyclic) bond motifs is 1. The van der Waals surface area contributed by atoms with Crippen molar-refractivity contribution >= 4 is 41.6 Å². The summed E-state index contributed by atoms with van der Waals surface area (Å²) >= 11 is 1.12. The Morgan fingerprint density at radius 2 is 1.27 bits per heavy atom.